The minimum absolute atomic E-state index is 0.504. The summed E-state index contributed by atoms with van der Waals surface area (Å²) in [7, 11) is 6.73. The van der Waals surface area contributed by atoms with E-state index in [2.05, 4.69) is 107 Å². The van der Waals surface area contributed by atoms with Crippen LogP contribution in [0.2, 0.25) is 0 Å². The van der Waals surface area contributed by atoms with E-state index >= 15 is 0 Å². The Morgan fingerprint density at radius 3 is 0.812 bits per heavy atom. The van der Waals surface area contributed by atoms with Gasteiger partial charge in [-0.05, 0) is 0 Å². The van der Waals surface area contributed by atoms with Crippen LogP contribution in [0.15, 0.2) is 24.3 Å². The molecule has 0 fully saturated rings. The number of hydrogen-bond acceptors (Lipinski definition) is 1. The molecule has 32 heavy (non-hydrogen) atoms. The Morgan fingerprint density at radius 1 is 0.438 bits per heavy atom. The fraction of sp³-hybridized carbons (Fsp3) is 0.600. The molecule has 0 aliphatic carbocycles. The van der Waals surface area contributed by atoms with E-state index in [1.807, 2.05) is 0 Å². The van der Waals surface area contributed by atoms with Crippen molar-refractivity contribution in [1.82, 2.24) is 0 Å². The molecule has 0 aliphatic heterocycles. The van der Waals surface area contributed by atoms with Crippen LogP contribution in [0, 0.1) is 0 Å². The molecule has 2 rings (SSSR count). The number of rotatable bonds is 8. The van der Waals surface area contributed by atoms with Crippen LogP contribution in [0.3, 0.4) is 0 Å². The topological polar surface area (TPSA) is 0 Å². The third kappa shape index (κ3) is 5.98. The van der Waals surface area contributed by atoms with Crippen LogP contribution >= 0.6 is 8.65 Å². The van der Waals surface area contributed by atoms with Crippen LogP contribution in [-0.2, 0) is 0 Å². The molecule has 0 unspecified atom stereocenters. The molecule has 2 aromatic rings. The van der Waals surface area contributed by atoms with Crippen molar-refractivity contribution in [2.45, 2.75) is 119 Å². The van der Waals surface area contributed by atoms with Gasteiger partial charge in [0.2, 0.25) is 0 Å². The van der Waals surface area contributed by atoms with Crippen molar-refractivity contribution in [1.29, 1.82) is 0 Å². The SMILES string of the molecule is CC(C)c1cc(C(C)C)[c]([Pb](=[S])[c]2c(C(C)C)cc(C(C)C)cc2C(C)C)c(C(C)C)c1. The molecule has 0 atom stereocenters. The zero-order valence-corrected chi connectivity index (χ0v) is 27.4. The van der Waals surface area contributed by atoms with Gasteiger partial charge in [-0.1, -0.05) is 0 Å². The van der Waals surface area contributed by atoms with E-state index in [1.54, 1.807) is 6.25 Å². The normalized spacial score (nSPS) is 12.3. The van der Waals surface area contributed by atoms with Crippen molar-refractivity contribution in [2.24, 2.45) is 0 Å². The maximum absolute atomic E-state index is 6.73. The van der Waals surface area contributed by atoms with E-state index < -0.39 is 20.6 Å². The summed E-state index contributed by atoms with van der Waals surface area (Å²) < 4.78 is 3.22. The fourth-order valence-electron chi connectivity index (χ4n) is 4.56. The second-order valence-electron chi connectivity index (χ2n) is 11.4. The molecule has 0 heterocycles. The first-order chi connectivity index (χ1) is 14.8. The van der Waals surface area contributed by atoms with Gasteiger partial charge in [-0.15, -0.1) is 0 Å². The molecule has 0 bridgehead atoms. The second-order valence-corrected chi connectivity index (χ2v) is 21.4. The Hall–Kier alpha value is -0.418. The molecule has 0 nitrogen and oxygen atoms in total. The molecule has 0 N–H and O–H groups in total. The molecule has 0 amide bonds. The van der Waals surface area contributed by atoms with Crippen molar-refractivity contribution in [2.75, 3.05) is 0 Å². The molecule has 2 heteroatoms. The zero-order chi connectivity index (χ0) is 24.5. The van der Waals surface area contributed by atoms with E-state index in [0.717, 1.165) is 0 Å². The molecule has 0 radical (unpaired) electrons. The monoisotopic (exact) mass is 646 g/mol. The predicted molar refractivity (Wildman–Crippen MR) is 150 cm³/mol. The Bertz CT molecular complexity index is 825. The van der Waals surface area contributed by atoms with Crippen molar-refractivity contribution < 1.29 is 0 Å². The average Bonchev–Trinajstić information content (AvgIpc) is 2.70. The van der Waals surface area contributed by atoms with E-state index in [1.165, 1.54) is 33.4 Å². The van der Waals surface area contributed by atoms with Crippen LogP contribution in [0.5, 0.6) is 0 Å². The molecule has 0 aliphatic rings. The summed E-state index contributed by atoms with van der Waals surface area (Å²) in [4.78, 5) is 0. The van der Waals surface area contributed by atoms with Gasteiger partial charge in [0.05, 0.1) is 0 Å². The molecule has 2 aromatic carbocycles. The second kappa shape index (κ2) is 11.3. The Morgan fingerprint density at radius 2 is 0.656 bits per heavy atom. The van der Waals surface area contributed by atoms with Gasteiger partial charge in [0.1, 0.15) is 0 Å². The summed E-state index contributed by atoms with van der Waals surface area (Å²) in [5.74, 6) is 3.10. The van der Waals surface area contributed by atoms with Crippen LogP contribution < -0.4 is 6.25 Å². The Balaban J connectivity index is 2.96. The Kier molecular flexibility index (Phi) is 9.86. The minimum atomic E-state index is -2.78. The molecule has 0 aromatic heterocycles. The van der Waals surface area contributed by atoms with Crippen LogP contribution in [-0.4, -0.2) is 20.6 Å². The van der Waals surface area contributed by atoms with Gasteiger partial charge in [0.15, 0.2) is 0 Å². The fourth-order valence-corrected chi connectivity index (χ4v) is 19.4. The third-order valence-corrected chi connectivity index (χ3v) is 18.3. The summed E-state index contributed by atoms with van der Waals surface area (Å²) >= 11 is -2.78. The summed E-state index contributed by atoms with van der Waals surface area (Å²) in [5, 5.41) is 0. The van der Waals surface area contributed by atoms with Crippen LogP contribution in [0.4, 0.5) is 0 Å². The molecule has 0 saturated heterocycles. The van der Waals surface area contributed by atoms with E-state index in [-0.39, 0.29) is 0 Å². The van der Waals surface area contributed by atoms with Crippen molar-refractivity contribution >= 4 is 35.5 Å². The summed E-state index contributed by atoms with van der Waals surface area (Å²) in [5.41, 5.74) is 9.09. The number of benzene rings is 2. The summed E-state index contributed by atoms with van der Waals surface area (Å²) in [6, 6.07) is 10.0. The molecule has 0 spiro atoms. The third-order valence-electron chi connectivity index (χ3n) is 6.72. The first-order valence-corrected chi connectivity index (χ1v) is 21.7. The van der Waals surface area contributed by atoms with Gasteiger partial charge >= 0.3 is 212 Å². The average molecular weight is 646 g/mol. The predicted octanol–water partition coefficient (Wildman–Crippen LogP) is 8.73. The first kappa shape index (κ1) is 27.8. The zero-order valence-electron chi connectivity index (χ0n) is 22.7. The quantitative estimate of drug-likeness (QED) is 0.259. The van der Waals surface area contributed by atoms with E-state index in [0.29, 0.717) is 35.5 Å². The van der Waals surface area contributed by atoms with Crippen LogP contribution in [0.1, 0.15) is 152 Å². The van der Waals surface area contributed by atoms with Gasteiger partial charge in [0.25, 0.3) is 0 Å². The van der Waals surface area contributed by atoms with E-state index in [9.17, 15) is 0 Å². The molecule has 176 valence electrons. The summed E-state index contributed by atoms with van der Waals surface area (Å²) in [6.07, 6.45) is 0. The van der Waals surface area contributed by atoms with E-state index in [4.69, 9.17) is 8.65 Å². The standard InChI is InChI=1S/2C15H23.Pb.S/c2*1-10(2)13-7-14(11(3)4)9-15(8-13)12(5)6;;/h2*7-8,10-12H,1-6H3;;. The Labute approximate surface area is 210 Å². The van der Waals surface area contributed by atoms with Crippen molar-refractivity contribution in [3.05, 3.63) is 57.6 Å². The van der Waals surface area contributed by atoms with Crippen LogP contribution in [0.25, 0.3) is 0 Å². The molecular formula is C30H46PbS. The van der Waals surface area contributed by atoms with Gasteiger partial charge in [-0.3, -0.25) is 0 Å². The van der Waals surface area contributed by atoms with Crippen molar-refractivity contribution in [3.8, 4) is 0 Å². The van der Waals surface area contributed by atoms with Gasteiger partial charge in [-0.25, -0.2) is 0 Å². The summed E-state index contributed by atoms with van der Waals surface area (Å²) in [6.45, 7) is 28.1. The van der Waals surface area contributed by atoms with Gasteiger partial charge in [-0.2, -0.15) is 0 Å². The number of hydrogen-bond donors (Lipinski definition) is 0. The molecule has 0 saturated carbocycles. The van der Waals surface area contributed by atoms with Crippen molar-refractivity contribution in [3.63, 3.8) is 0 Å². The first-order valence-electron chi connectivity index (χ1n) is 12.7. The molecular weight excluding hydrogens is 600 g/mol. The van der Waals surface area contributed by atoms with Gasteiger partial charge in [0, 0.05) is 0 Å². The maximum atomic E-state index is 6.73. The van der Waals surface area contributed by atoms with Gasteiger partial charge < -0.3 is 0 Å².